The molecule has 2 N–H and O–H groups in total. The topological polar surface area (TPSA) is 109 Å². The van der Waals surface area contributed by atoms with E-state index in [-0.39, 0.29) is 30.1 Å². The average molecular weight is 441 g/mol. The van der Waals surface area contributed by atoms with E-state index in [1.165, 1.54) is 7.11 Å². The van der Waals surface area contributed by atoms with Crippen LogP contribution in [0, 0.1) is 13.8 Å². The van der Waals surface area contributed by atoms with Crippen molar-refractivity contribution >= 4 is 29.3 Å². The van der Waals surface area contributed by atoms with Crippen molar-refractivity contribution in [1.29, 1.82) is 0 Å². The summed E-state index contributed by atoms with van der Waals surface area (Å²) in [6.07, 6.45) is -0.153. The van der Waals surface area contributed by atoms with Crippen LogP contribution in [0.15, 0.2) is 15.3 Å². The molecule has 30 heavy (non-hydrogen) atoms. The number of rotatable bonds is 7. The van der Waals surface area contributed by atoms with Crippen LogP contribution in [0.3, 0.4) is 0 Å². The molecule has 9 heteroatoms. The van der Waals surface area contributed by atoms with Gasteiger partial charge in [0.2, 0.25) is 0 Å². The van der Waals surface area contributed by atoms with Crippen LogP contribution in [-0.4, -0.2) is 57.4 Å². The monoisotopic (exact) mass is 440 g/mol. The Balaban J connectivity index is 0.00000320. The number of hydrogen-bond acceptors (Lipinski definition) is 7. The number of fused-ring (bicyclic) bond motifs is 1. The number of aryl methyl sites for hydroxylation is 2. The molecule has 1 aromatic carbocycles. The maximum Gasteiger partial charge on any atom is 0.340 e. The van der Waals surface area contributed by atoms with Gasteiger partial charge in [-0.3, -0.25) is 9.69 Å². The third-order valence-corrected chi connectivity index (χ3v) is 5.50. The zero-order chi connectivity index (χ0) is 21.0. The molecule has 0 unspecified atom stereocenters. The van der Waals surface area contributed by atoms with E-state index in [2.05, 4.69) is 15.0 Å². The minimum atomic E-state index is -0.604. The van der Waals surface area contributed by atoms with Crippen molar-refractivity contribution in [2.75, 3.05) is 46.5 Å². The van der Waals surface area contributed by atoms with Crippen LogP contribution < -0.4 is 16.0 Å². The fraction of sp³-hybridized carbons (Fsp3) is 0.524. The molecule has 0 aliphatic carbocycles. The fourth-order valence-electron chi connectivity index (χ4n) is 3.66. The minimum absolute atomic E-state index is 0. The standard InChI is InChI=1S/C21H28N2O6.ClH/c1-13-16-10-15(12-22-4-5-23-6-8-28-9-7-23)19(25)14(2)20(16)29-21(26)17(13)11-18(24)27-3;/h10,22,25H,4-9,11-12H2,1-3H3;1H. The lowest BCUT2D eigenvalue weighted by Crippen LogP contribution is -2.84. The Morgan fingerprint density at radius 2 is 1.97 bits per heavy atom. The summed E-state index contributed by atoms with van der Waals surface area (Å²) in [6.45, 7) is 9.24. The summed E-state index contributed by atoms with van der Waals surface area (Å²) in [4.78, 5) is 26.3. The number of benzene rings is 1. The Bertz CT molecular complexity index is 953. The molecule has 0 atom stereocenters. The van der Waals surface area contributed by atoms with Crippen LogP contribution in [0.25, 0.3) is 11.0 Å². The second-order valence-corrected chi connectivity index (χ2v) is 7.35. The van der Waals surface area contributed by atoms with Gasteiger partial charge in [-0.2, -0.15) is 0 Å². The van der Waals surface area contributed by atoms with Crippen LogP contribution in [-0.2, 0) is 27.2 Å². The minimum Gasteiger partial charge on any atom is -0.872 e. The van der Waals surface area contributed by atoms with E-state index in [4.69, 9.17) is 9.15 Å². The van der Waals surface area contributed by atoms with Crippen LogP contribution >= 0.6 is 12.4 Å². The maximum absolute atomic E-state index is 12.7. The lowest BCUT2D eigenvalue weighted by Gasteiger charge is -2.25. The first kappa shape index (κ1) is 24.1. The van der Waals surface area contributed by atoms with Gasteiger partial charge in [-0.05, 0) is 36.6 Å². The number of nitrogens with zero attached hydrogens (tertiary/aromatic N) is 1. The van der Waals surface area contributed by atoms with E-state index in [1.807, 2.05) is 0 Å². The van der Waals surface area contributed by atoms with Crippen molar-refractivity contribution in [1.82, 2.24) is 4.90 Å². The zero-order valence-electron chi connectivity index (χ0n) is 17.6. The number of carbonyl (C=O) groups excluding carboxylic acids is 1. The summed E-state index contributed by atoms with van der Waals surface area (Å²) in [5.41, 5.74) is 1.70. The van der Waals surface area contributed by atoms with Gasteiger partial charge in [-0.15, -0.1) is 12.4 Å². The third kappa shape index (κ3) is 5.31. The van der Waals surface area contributed by atoms with Gasteiger partial charge in [0.1, 0.15) is 12.1 Å². The molecule has 0 amide bonds. The molecular weight excluding hydrogens is 412 g/mol. The van der Waals surface area contributed by atoms with Crippen LogP contribution in [0.4, 0.5) is 0 Å². The van der Waals surface area contributed by atoms with Gasteiger partial charge in [0, 0.05) is 25.0 Å². The van der Waals surface area contributed by atoms with Gasteiger partial charge in [0.25, 0.3) is 0 Å². The first-order chi connectivity index (χ1) is 13.9. The Morgan fingerprint density at radius 1 is 1.27 bits per heavy atom. The summed E-state index contributed by atoms with van der Waals surface area (Å²) in [5.74, 6) is -0.614. The van der Waals surface area contributed by atoms with Crippen molar-refractivity contribution < 1.29 is 29.1 Å². The highest BCUT2D eigenvalue weighted by molar-refractivity contribution is 5.87. The van der Waals surface area contributed by atoms with Gasteiger partial charge in [-0.1, -0.05) is 5.75 Å². The second-order valence-electron chi connectivity index (χ2n) is 7.35. The summed E-state index contributed by atoms with van der Waals surface area (Å²) in [5, 5.41) is 15.5. The molecule has 1 aromatic heterocycles. The number of esters is 1. The van der Waals surface area contributed by atoms with E-state index >= 15 is 0 Å². The smallest absolute Gasteiger partial charge is 0.340 e. The fourth-order valence-corrected chi connectivity index (χ4v) is 3.66. The summed E-state index contributed by atoms with van der Waals surface area (Å²) in [6, 6.07) is 1.79. The molecule has 0 radical (unpaired) electrons. The average Bonchev–Trinajstić information content (AvgIpc) is 2.73. The van der Waals surface area contributed by atoms with Crippen molar-refractivity contribution in [3.05, 3.63) is 38.7 Å². The molecule has 0 bridgehead atoms. The number of hydrogen-bond donors (Lipinski definition) is 1. The number of halogens is 1. The van der Waals surface area contributed by atoms with E-state index in [0.29, 0.717) is 34.2 Å². The van der Waals surface area contributed by atoms with Crippen molar-refractivity contribution in [2.45, 2.75) is 26.8 Å². The first-order valence-electron chi connectivity index (χ1n) is 9.86. The largest absolute Gasteiger partial charge is 0.872 e. The van der Waals surface area contributed by atoms with Gasteiger partial charge in [-0.25, -0.2) is 4.79 Å². The van der Waals surface area contributed by atoms with Gasteiger partial charge < -0.3 is 24.3 Å². The highest BCUT2D eigenvalue weighted by Gasteiger charge is 2.18. The van der Waals surface area contributed by atoms with Crippen molar-refractivity contribution in [3.63, 3.8) is 0 Å². The number of methoxy groups -OCH3 is 1. The molecule has 1 fully saturated rings. The van der Waals surface area contributed by atoms with Crippen molar-refractivity contribution in [3.8, 4) is 5.75 Å². The summed E-state index contributed by atoms with van der Waals surface area (Å²) < 4.78 is 15.4. The lowest BCUT2D eigenvalue weighted by molar-refractivity contribution is -0.670. The predicted octanol–water partition coefficient (Wildman–Crippen LogP) is 0.0163. The molecular formula is C21H29ClN2O6. The number of nitrogens with two attached hydrogens (primary N) is 1. The Hall–Kier alpha value is -2.13. The van der Waals surface area contributed by atoms with Crippen LogP contribution in [0.5, 0.6) is 5.75 Å². The highest BCUT2D eigenvalue weighted by Crippen LogP contribution is 2.30. The first-order valence-corrected chi connectivity index (χ1v) is 9.86. The number of morpholine rings is 1. The zero-order valence-corrected chi connectivity index (χ0v) is 18.4. The second kappa shape index (κ2) is 10.8. The molecule has 0 spiro atoms. The van der Waals surface area contributed by atoms with E-state index in [9.17, 15) is 14.7 Å². The lowest BCUT2D eigenvalue weighted by atomic mass is 9.98. The number of ether oxygens (including phenoxy) is 2. The summed E-state index contributed by atoms with van der Waals surface area (Å²) in [7, 11) is 1.28. The third-order valence-electron chi connectivity index (χ3n) is 5.50. The van der Waals surface area contributed by atoms with Gasteiger partial charge in [0.05, 0.1) is 38.9 Å². The van der Waals surface area contributed by atoms with E-state index in [0.717, 1.165) is 39.4 Å². The Morgan fingerprint density at radius 3 is 2.63 bits per heavy atom. The number of carbonyl (C=O) groups is 1. The molecule has 0 saturated carbocycles. The Kier molecular flexibility index (Phi) is 8.66. The Labute approximate surface area is 181 Å². The van der Waals surface area contributed by atoms with Crippen LogP contribution in [0.1, 0.15) is 22.3 Å². The molecule has 166 valence electrons. The predicted molar refractivity (Wildman–Crippen MR) is 112 cm³/mol. The molecule has 2 aromatic rings. The normalized spacial score (nSPS) is 14.5. The number of quaternary nitrogens is 1. The quantitative estimate of drug-likeness (QED) is 0.367. The SMILES string of the molecule is COC(=O)Cc1c(C)c2cc(C[NH2+]CCN3CCOCC3)c([O-])c(C)c2oc1=O.Cl. The molecule has 1 aliphatic heterocycles. The molecule has 8 nitrogen and oxygen atoms in total. The maximum atomic E-state index is 12.7. The van der Waals surface area contributed by atoms with E-state index < -0.39 is 11.6 Å². The molecule has 3 rings (SSSR count). The van der Waals surface area contributed by atoms with Crippen LogP contribution in [0.2, 0.25) is 0 Å². The molecule has 1 aliphatic rings. The van der Waals surface area contributed by atoms with E-state index in [1.54, 1.807) is 19.9 Å². The van der Waals surface area contributed by atoms with Gasteiger partial charge >= 0.3 is 11.6 Å². The summed E-state index contributed by atoms with van der Waals surface area (Å²) >= 11 is 0. The van der Waals surface area contributed by atoms with Crippen molar-refractivity contribution in [2.24, 2.45) is 0 Å². The molecule has 1 saturated heterocycles. The molecule has 2 heterocycles. The highest BCUT2D eigenvalue weighted by atomic mass is 35.5. The van der Waals surface area contributed by atoms with Gasteiger partial charge in [0.15, 0.2) is 0 Å².